The molecule has 0 atom stereocenters. The maximum atomic E-state index is 12.3. The van der Waals surface area contributed by atoms with Gasteiger partial charge in [-0.15, -0.1) is 0 Å². The van der Waals surface area contributed by atoms with Crippen LogP contribution in [0.5, 0.6) is 0 Å². The normalized spacial score (nSPS) is 11.3. The Morgan fingerprint density at radius 1 is 1.19 bits per heavy atom. The molecule has 4 nitrogen and oxygen atoms in total. The summed E-state index contributed by atoms with van der Waals surface area (Å²) in [4.78, 5) is 15.5. The lowest BCUT2D eigenvalue weighted by Gasteiger charge is -2.07. The first-order valence-corrected chi connectivity index (χ1v) is 9.54. The van der Waals surface area contributed by atoms with Crippen LogP contribution in [0.15, 0.2) is 59.3 Å². The second-order valence-corrected chi connectivity index (χ2v) is 7.60. The van der Waals surface area contributed by atoms with Gasteiger partial charge in [0.2, 0.25) is 5.91 Å². The molecular weight excluding hydrogens is 414 g/mol. The summed E-state index contributed by atoms with van der Waals surface area (Å²) in [5.41, 5.74) is 3.26. The van der Waals surface area contributed by atoms with E-state index in [0.717, 1.165) is 38.3 Å². The third kappa shape index (κ3) is 3.50. The molecule has 0 aliphatic carbocycles. The summed E-state index contributed by atoms with van der Waals surface area (Å²) < 4.78 is 2.99. The van der Waals surface area contributed by atoms with Gasteiger partial charge in [-0.3, -0.25) is 4.79 Å². The summed E-state index contributed by atoms with van der Waals surface area (Å²) in [6, 6.07) is 13.9. The maximum Gasteiger partial charge on any atom is 0.239 e. The molecule has 0 unspecified atom stereocenters. The standard InChI is InChI=1S/C20H17BrClN3O/c21-15-1-4-19-13(9-15)6-8-25(19)12-20(26)23-7-5-14-11-24-18-3-2-16(22)10-17(14)18/h1-4,6,8-11,24H,5,7,12H2,(H,23,26). The van der Waals surface area contributed by atoms with Crippen molar-refractivity contribution in [1.82, 2.24) is 14.9 Å². The van der Waals surface area contributed by atoms with Crippen LogP contribution in [0.3, 0.4) is 0 Å². The summed E-state index contributed by atoms with van der Waals surface area (Å²) in [6.07, 6.45) is 4.67. The predicted octanol–water partition coefficient (Wildman–Crippen LogP) is 4.90. The van der Waals surface area contributed by atoms with Crippen LogP contribution in [-0.2, 0) is 17.8 Å². The number of halogens is 2. The predicted molar refractivity (Wildman–Crippen MR) is 110 cm³/mol. The van der Waals surface area contributed by atoms with Gasteiger partial charge in [0.15, 0.2) is 0 Å². The molecule has 2 heterocycles. The number of amides is 1. The van der Waals surface area contributed by atoms with Crippen LogP contribution < -0.4 is 5.32 Å². The second kappa shape index (κ2) is 7.17. The lowest BCUT2D eigenvalue weighted by molar-refractivity contribution is -0.121. The van der Waals surface area contributed by atoms with E-state index in [-0.39, 0.29) is 5.91 Å². The van der Waals surface area contributed by atoms with Crippen molar-refractivity contribution in [3.05, 3.63) is 69.9 Å². The lowest BCUT2D eigenvalue weighted by Crippen LogP contribution is -2.29. The number of aromatic amines is 1. The summed E-state index contributed by atoms with van der Waals surface area (Å²) in [7, 11) is 0. The highest BCUT2D eigenvalue weighted by Gasteiger charge is 2.08. The molecule has 0 fully saturated rings. The molecule has 2 aromatic carbocycles. The first-order chi connectivity index (χ1) is 12.6. The van der Waals surface area contributed by atoms with Crippen LogP contribution in [0.1, 0.15) is 5.56 Å². The van der Waals surface area contributed by atoms with Crippen molar-refractivity contribution < 1.29 is 4.79 Å². The van der Waals surface area contributed by atoms with Crippen molar-refractivity contribution in [2.75, 3.05) is 6.54 Å². The van der Waals surface area contributed by atoms with Crippen molar-refractivity contribution in [2.45, 2.75) is 13.0 Å². The zero-order chi connectivity index (χ0) is 18.1. The molecule has 6 heteroatoms. The van der Waals surface area contributed by atoms with E-state index in [4.69, 9.17) is 11.6 Å². The van der Waals surface area contributed by atoms with Crippen LogP contribution in [-0.4, -0.2) is 22.0 Å². The fraction of sp³-hybridized carbons (Fsp3) is 0.150. The van der Waals surface area contributed by atoms with E-state index in [2.05, 4.69) is 26.2 Å². The summed E-state index contributed by atoms with van der Waals surface area (Å²) >= 11 is 9.55. The lowest BCUT2D eigenvalue weighted by atomic mass is 10.1. The summed E-state index contributed by atoms with van der Waals surface area (Å²) in [6.45, 7) is 0.897. The van der Waals surface area contributed by atoms with E-state index in [9.17, 15) is 4.79 Å². The Kier molecular flexibility index (Phi) is 4.74. The fourth-order valence-corrected chi connectivity index (χ4v) is 3.76. The summed E-state index contributed by atoms with van der Waals surface area (Å²) in [5.74, 6) is 0.00305. The van der Waals surface area contributed by atoms with Crippen LogP contribution in [0, 0.1) is 0 Å². The van der Waals surface area contributed by atoms with Crippen LogP contribution in [0.2, 0.25) is 5.02 Å². The van der Waals surface area contributed by atoms with Gasteiger partial charge in [-0.25, -0.2) is 0 Å². The van der Waals surface area contributed by atoms with E-state index in [0.29, 0.717) is 18.1 Å². The monoisotopic (exact) mass is 429 g/mol. The molecule has 0 spiro atoms. The largest absolute Gasteiger partial charge is 0.361 e. The van der Waals surface area contributed by atoms with E-state index in [1.54, 1.807) is 0 Å². The summed E-state index contributed by atoms with van der Waals surface area (Å²) in [5, 5.41) is 5.93. The van der Waals surface area contributed by atoms with Crippen molar-refractivity contribution in [2.24, 2.45) is 0 Å². The third-order valence-electron chi connectivity index (χ3n) is 4.49. The van der Waals surface area contributed by atoms with E-state index >= 15 is 0 Å². The van der Waals surface area contributed by atoms with Crippen molar-refractivity contribution in [3.8, 4) is 0 Å². The number of fused-ring (bicyclic) bond motifs is 2. The average molecular weight is 431 g/mol. The van der Waals surface area contributed by atoms with Gasteiger partial charge in [0.05, 0.1) is 0 Å². The number of aromatic nitrogens is 2. The van der Waals surface area contributed by atoms with Crippen molar-refractivity contribution in [1.29, 1.82) is 0 Å². The number of benzene rings is 2. The minimum atomic E-state index is 0.00305. The molecule has 26 heavy (non-hydrogen) atoms. The molecule has 4 aromatic rings. The van der Waals surface area contributed by atoms with Gasteiger partial charge in [-0.05, 0) is 54.4 Å². The maximum absolute atomic E-state index is 12.3. The first-order valence-electron chi connectivity index (χ1n) is 8.37. The number of nitrogens with zero attached hydrogens (tertiary/aromatic N) is 1. The van der Waals surface area contributed by atoms with Gasteiger partial charge in [0, 0.05) is 50.2 Å². The Labute approximate surface area is 164 Å². The zero-order valence-corrected chi connectivity index (χ0v) is 16.3. The Bertz CT molecular complexity index is 1100. The number of nitrogens with one attached hydrogen (secondary N) is 2. The Morgan fingerprint density at radius 3 is 2.96 bits per heavy atom. The molecule has 1 amide bonds. The third-order valence-corrected chi connectivity index (χ3v) is 5.22. The number of rotatable bonds is 5. The molecular formula is C20H17BrClN3O. The minimum absolute atomic E-state index is 0.00305. The molecule has 0 radical (unpaired) electrons. The molecule has 2 aromatic heterocycles. The minimum Gasteiger partial charge on any atom is -0.361 e. The molecule has 4 rings (SSSR count). The van der Waals surface area contributed by atoms with Gasteiger partial charge in [-0.2, -0.15) is 0 Å². The molecule has 0 saturated heterocycles. The first kappa shape index (κ1) is 17.2. The number of hydrogen-bond donors (Lipinski definition) is 2. The second-order valence-electron chi connectivity index (χ2n) is 6.25. The molecule has 0 aliphatic rings. The SMILES string of the molecule is O=C(Cn1ccc2cc(Br)ccc21)NCCc1c[nH]c2ccc(Cl)cc12. The molecule has 132 valence electrons. The number of carbonyl (C=O) groups excluding carboxylic acids is 1. The smallest absolute Gasteiger partial charge is 0.239 e. The van der Waals surface area contributed by atoms with E-state index < -0.39 is 0 Å². The van der Waals surface area contributed by atoms with Gasteiger partial charge in [0.1, 0.15) is 6.54 Å². The average Bonchev–Trinajstić information content (AvgIpc) is 3.19. The highest BCUT2D eigenvalue weighted by Crippen LogP contribution is 2.23. The van der Waals surface area contributed by atoms with Gasteiger partial charge in [0.25, 0.3) is 0 Å². The highest BCUT2D eigenvalue weighted by atomic mass is 79.9. The van der Waals surface area contributed by atoms with Crippen LogP contribution in [0.4, 0.5) is 0 Å². The van der Waals surface area contributed by atoms with Gasteiger partial charge >= 0.3 is 0 Å². The van der Waals surface area contributed by atoms with Gasteiger partial charge in [-0.1, -0.05) is 27.5 Å². The fourth-order valence-electron chi connectivity index (χ4n) is 3.21. The molecule has 2 N–H and O–H groups in total. The topological polar surface area (TPSA) is 49.8 Å². The highest BCUT2D eigenvalue weighted by molar-refractivity contribution is 9.10. The number of hydrogen-bond acceptors (Lipinski definition) is 1. The van der Waals surface area contributed by atoms with E-state index in [1.807, 2.05) is 59.4 Å². The van der Waals surface area contributed by atoms with E-state index in [1.165, 1.54) is 0 Å². The number of carbonyl (C=O) groups is 1. The molecule has 0 aliphatic heterocycles. The van der Waals surface area contributed by atoms with Crippen molar-refractivity contribution in [3.63, 3.8) is 0 Å². The Morgan fingerprint density at radius 2 is 2.08 bits per heavy atom. The number of H-pyrrole nitrogens is 1. The quantitative estimate of drug-likeness (QED) is 0.465. The molecule has 0 bridgehead atoms. The molecule has 0 saturated carbocycles. The van der Waals surface area contributed by atoms with Crippen molar-refractivity contribution >= 4 is 55.2 Å². The zero-order valence-electron chi connectivity index (χ0n) is 13.9. The van der Waals surface area contributed by atoms with Crippen LogP contribution >= 0.6 is 27.5 Å². The van der Waals surface area contributed by atoms with Gasteiger partial charge < -0.3 is 14.9 Å². The van der Waals surface area contributed by atoms with Crippen LogP contribution in [0.25, 0.3) is 21.8 Å². The Balaban J connectivity index is 1.38. The Hall–Kier alpha value is -2.24.